The van der Waals surface area contributed by atoms with Crippen molar-refractivity contribution < 1.29 is 28.5 Å². The molecule has 1 unspecified atom stereocenters. The Balaban J connectivity index is 1.50. The lowest BCUT2D eigenvalue weighted by Crippen LogP contribution is -2.52. The van der Waals surface area contributed by atoms with Gasteiger partial charge in [0.2, 0.25) is 0 Å². The minimum atomic E-state index is -1.51. The molecule has 8 nitrogen and oxygen atoms in total. The van der Waals surface area contributed by atoms with E-state index in [1.807, 2.05) is 54.6 Å². The molecule has 3 heterocycles. The second-order valence-corrected chi connectivity index (χ2v) is 9.68. The number of nitrogens with zero attached hydrogens (tertiary/aromatic N) is 1. The molecule has 0 fully saturated rings. The number of anilines is 1. The minimum absolute atomic E-state index is 0.239. The third-order valence-corrected chi connectivity index (χ3v) is 7.52. The molecule has 1 aromatic heterocycles. The van der Waals surface area contributed by atoms with Gasteiger partial charge in [0.15, 0.2) is 28.1 Å². The number of hydrogen-bond acceptors (Lipinski definition) is 9. The maximum atomic E-state index is 13.1. The molecule has 2 aliphatic rings. The number of benzene rings is 3. The molecule has 2 atom stereocenters. The number of para-hydroxylation sites is 3. The zero-order valence-electron chi connectivity index (χ0n) is 20.4. The van der Waals surface area contributed by atoms with E-state index in [2.05, 4.69) is 5.32 Å². The van der Waals surface area contributed by atoms with Gasteiger partial charge in [-0.15, -0.1) is 0 Å². The van der Waals surface area contributed by atoms with Crippen molar-refractivity contribution in [3.05, 3.63) is 77.4 Å². The highest BCUT2D eigenvalue weighted by Crippen LogP contribution is 2.52. The molecule has 6 rings (SSSR count). The molecule has 0 saturated carbocycles. The van der Waals surface area contributed by atoms with Gasteiger partial charge in [0.25, 0.3) is 5.79 Å². The van der Waals surface area contributed by atoms with E-state index >= 15 is 0 Å². The summed E-state index contributed by atoms with van der Waals surface area (Å²) >= 11 is 1.56. The molecule has 3 aromatic carbocycles. The maximum absolute atomic E-state index is 13.1. The number of hydrogen-bond donors (Lipinski definition) is 1. The molecular weight excluding hydrogens is 492 g/mol. The van der Waals surface area contributed by atoms with Gasteiger partial charge in [-0.05, 0) is 30.3 Å². The molecule has 0 aliphatic carbocycles. The number of methoxy groups -OCH3 is 3. The molecular formula is C28H24N2O6S. The molecule has 0 radical (unpaired) electrons. The van der Waals surface area contributed by atoms with Gasteiger partial charge in [-0.3, -0.25) is 0 Å². The summed E-state index contributed by atoms with van der Waals surface area (Å²) in [6, 6.07) is 18.8. The van der Waals surface area contributed by atoms with Crippen LogP contribution in [0.2, 0.25) is 0 Å². The van der Waals surface area contributed by atoms with Crippen LogP contribution in [0.25, 0.3) is 16.3 Å². The Labute approximate surface area is 217 Å². The first kappa shape index (κ1) is 23.2. The third kappa shape index (κ3) is 3.82. The highest BCUT2D eigenvalue weighted by molar-refractivity contribution is 7.22. The van der Waals surface area contributed by atoms with E-state index in [4.69, 9.17) is 28.7 Å². The summed E-state index contributed by atoms with van der Waals surface area (Å²) in [5.74, 6) is -0.0539. The van der Waals surface area contributed by atoms with Gasteiger partial charge < -0.3 is 29.0 Å². The molecule has 37 heavy (non-hydrogen) atoms. The Morgan fingerprint density at radius 2 is 1.70 bits per heavy atom. The second-order valence-electron chi connectivity index (χ2n) is 8.65. The lowest BCUT2D eigenvalue weighted by atomic mass is 9.87. The largest absolute Gasteiger partial charge is 0.493 e. The predicted octanol–water partition coefficient (Wildman–Crippen LogP) is 5.59. The summed E-state index contributed by atoms with van der Waals surface area (Å²) in [4.78, 5) is 17.9. The number of thiazole rings is 1. The van der Waals surface area contributed by atoms with Crippen LogP contribution < -0.4 is 24.3 Å². The lowest BCUT2D eigenvalue weighted by Gasteiger charge is -2.44. The van der Waals surface area contributed by atoms with Crippen LogP contribution in [0.3, 0.4) is 0 Å². The summed E-state index contributed by atoms with van der Waals surface area (Å²) in [7, 11) is 4.49. The monoisotopic (exact) mass is 516 g/mol. The van der Waals surface area contributed by atoms with Crippen LogP contribution in [-0.4, -0.2) is 38.1 Å². The quantitative estimate of drug-likeness (QED) is 0.343. The van der Waals surface area contributed by atoms with Crippen molar-refractivity contribution in [3.63, 3.8) is 0 Å². The van der Waals surface area contributed by atoms with Gasteiger partial charge in [0.1, 0.15) is 5.57 Å². The van der Waals surface area contributed by atoms with E-state index < -0.39 is 11.8 Å². The fourth-order valence-corrected chi connectivity index (χ4v) is 5.75. The van der Waals surface area contributed by atoms with Crippen molar-refractivity contribution in [2.45, 2.75) is 18.2 Å². The Kier molecular flexibility index (Phi) is 5.64. The van der Waals surface area contributed by atoms with Gasteiger partial charge in [-0.2, -0.15) is 0 Å². The number of ether oxygens (including phenoxy) is 5. The van der Waals surface area contributed by atoms with E-state index in [1.165, 1.54) is 7.11 Å². The molecule has 2 aliphatic heterocycles. The van der Waals surface area contributed by atoms with E-state index in [-0.39, 0.29) is 18.0 Å². The first-order valence-electron chi connectivity index (χ1n) is 11.7. The molecule has 9 heteroatoms. The third-order valence-electron chi connectivity index (χ3n) is 6.55. The normalized spacial score (nSPS) is 19.6. The van der Waals surface area contributed by atoms with E-state index in [0.717, 1.165) is 20.9 Å². The Bertz CT molecular complexity index is 1510. The topological polar surface area (TPSA) is 88.1 Å². The van der Waals surface area contributed by atoms with Crippen LogP contribution in [-0.2, 0) is 9.53 Å². The lowest BCUT2D eigenvalue weighted by molar-refractivity contribution is -0.149. The van der Waals surface area contributed by atoms with Crippen LogP contribution in [0.1, 0.15) is 23.6 Å². The molecule has 188 valence electrons. The minimum Gasteiger partial charge on any atom is -0.493 e. The number of esters is 1. The van der Waals surface area contributed by atoms with E-state index in [1.54, 1.807) is 37.7 Å². The number of fused-ring (bicyclic) bond motifs is 3. The van der Waals surface area contributed by atoms with Crippen molar-refractivity contribution in [1.82, 2.24) is 4.98 Å². The van der Waals surface area contributed by atoms with E-state index in [9.17, 15) is 4.79 Å². The summed E-state index contributed by atoms with van der Waals surface area (Å²) in [6.45, 7) is 0. The molecule has 0 saturated heterocycles. The SMILES string of the molecule is COC(=O)C1=Cc2cccc(OC)c2OC12C[C@H](Nc1nc3ccccc3s1)c1cccc(OC)c1O2. The Morgan fingerprint density at radius 1 is 0.973 bits per heavy atom. The first-order chi connectivity index (χ1) is 18.0. The van der Waals surface area contributed by atoms with Gasteiger partial charge in [-0.1, -0.05) is 47.7 Å². The van der Waals surface area contributed by atoms with Crippen molar-refractivity contribution in [3.8, 4) is 23.0 Å². The van der Waals surface area contributed by atoms with Crippen LogP contribution in [0, 0.1) is 0 Å². The van der Waals surface area contributed by atoms with Crippen LogP contribution in [0.4, 0.5) is 5.13 Å². The maximum Gasteiger partial charge on any atom is 0.341 e. The fraction of sp³-hybridized carbons (Fsp3) is 0.214. The number of rotatable bonds is 5. The fourth-order valence-electron chi connectivity index (χ4n) is 4.83. The second kappa shape index (κ2) is 9.01. The zero-order chi connectivity index (χ0) is 25.6. The number of aromatic nitrogens is 1. The van der Waals surface area contributed by atoms with Gasteiger partial charge in [0.05, 0.1) is 44.0 Å². The van der Waals surface area contributed by atoms with Crippen molar-refractivity contribution >= 4 is 38.7 Å². The average molecular weight is 517 g/mol. The summed E-state index contributed by atoms with van der Waals surface area (Å²) in [6.07, 6.45) is 1.99. The molecule has 1 N–H and O–H groups in total. The number of carbonyl (C=O) groups is 1. The van der Waals surface area contributed by atoms with Gasteiger partial charge in [0, 0.05) is 11.1 Å². The van der Waals surface area contributed by atoms with E-state index in [0.29, 0.717) is 28.6 Å². The molecule has 4 aromatic rings. The van der Waals surface area contributed by atoms with Crippen molar-refractivity contribution in [2.24, 2.45) is 0 Å². The molecule has 0 amide bonds. The highest BCUT2D eigenvalue weighted by atomic mass is 32.1. The Morgan fingerprint density at radius 3 is 2.46 bits per heavy atom. The molecule has 1 spiro atoms. The number of carbonyl (C=O) groups excluding carboxylic acids is 1. The summed E-state index contributed by atoms with van der Waals surface area (Å²) in [5.41, 5.74) is 2.70. The summed E-state index contributed by atoms with van der Waals surface area (Å²) in [5, 5.41) is 4.31. The van der Waals surface area contributed by atoms with Gasteiger partial charge >= 0.3 is 5.97 Å². The van der Waals surface area contributed by atoms with Crippen LogP contribution in [0.15, 0.2) is 66.2 Å². The van der Waals surface area contributed by atoms with Crippen LogP contribution in [0.5, 0.6) is 23.0 Å². The number of nitrogens with one attached hydrogen (secondary N) is 1. The molecule has 0 bridgehead atoms. The zero-order valence-corrected chi connectivity index (χ0v) is 21.3. The highest BCUT2D eigenvalue weighted by Gasteiger charge is 2.53. The smallest absolute Gasteiger partial charge is 0.341 e. The van der Waals surface area contributed by atoms with Crippen LogP contribution >= 0.6 is 11.3 Å². The first-order valence-corrected chi connectivity index (χ1v) is 12.5. The van der Waals surface area contributed by atoms with Crippen molar-refractivity contribution in [2.75, 3.05) is 26.6 Å². The summed E-state index contributed by atoms with van der Waals surface area (Å²) < 4.78 is 30.6. The standard InChI is InChI=1S/C28H24N2O6S/c1-32-21-11-6-8-16-14-18(26(31)34-3)28(35-24(16)21)15-20(17-9-7-12-22(33-2)25(17)36-28)30-27-29-19-10-4-5-13-23(19)37-27/h4-14,20H,15H2,1-3H3,(H,29,30)/t20-,28?/m0/s1. The van der Waals surface area contributed by atoms with Gasteiger partial charge in [-0.25, -0.2) is 9.78 Å². The predicted molar refractivity (Wildman–Crippen MR) is 141 cm³/mol. The Hall–Kier alpha value is -4.24. The van der Waals surface area contributed by atoms with Crippen molar-refractivity contribution in [1.29, 1.82) is 0 Å². The average Bonchev–Trinajstić information content (AvgIpc) is 3.34.